The average molecular weight is 284 g/mol. The summed E-state index contributed by atoms with van der Waals surface area (Å²) in [6, 6.07) is 14.5. The van der Waals surface area contributed by atoms with Gasteiger partial charge in [0, 0.05) is 24.2 Å². The van der Waals surface area contributed by atoms with Crippen LogP contribution in [0.4, 0.5) is 0 Å². The number of hydrogen-bond donors (Lipinski definition) is 1. The van der Waals surface area contributed by atoms with Crippen molar-refractivity contribution in [2.24, 2.45) is 0 Å². The predicted molar refractivity (Wildman–Crippen MR) is 81.4 cm³/mol. The van der Waals surface area contributed by atoms with Crippen molar-refractivity contribution in [3.8, 4) is 11.6 Å². The van der Waals surface area contributed by atoms with Crippen LogP contribution in [0.15, 0.2) is 42.5 Å². The predicted octanol–water partition coefficient (Wildman–Crippen LogP) is 2.92. The lowest BCUT2D eigenvalue weighted by Gasteiger charge is -2.12. The minimum Gasteiger partial charge on any atom is -0.487 e. The Morgan fingerprint density at radius 3 is 2.81 bits per heavy atom. The quantitative estimate of drug-likeness (QED) is 0.849. The van der Waals surface area contributed by atoms with Gasteiger partial charge in [-0.05, 0) is 25.0 Å². The molecule has 0 bridgehead atoms. The molecule has 1 aliphatic rings. The van der Waals surface area contributed by atoms with E-state index in [4.69, 9.17) is 9.47 Å². The Kier molecular flexibility index (Phi) is 4.36. The molecule has 0 aliphatic heterocycles. The molecule has 0 amide bonds. The number of benzene rings is 1. The SMILES string of the molecule is COc1cccc(COc2ccccc2CNC2CC2)n1. The molecule has 110 valence electrons. The summed E-state index contributed by atoms with van der Waals surface area (Å²) in [5.74, 6) is 1.52. The number of hydrogen-bond acceptors (Lipinski definition) is 4. The molecule has 1 aromatic carbocycles. The Bertz CT molecular complexity index is 597. The van der Waals surface area contributed by atoms with E-state index in [1.165, 1.54) is 18.4 Å². The van der Waals surface area contributed by atoms with E-state index in [2.05, 4.69) is 16.4 Å². The Morgan fingerprint density at radius 1 is 1.14 bits per heavy atom. The van der Waals surface area contributed by atoms with E-state index in [-0.39, 0.29) is 0 Å². The molecular formula is C17H20N2O2. The van der Waals surface area contributed by atoms with Crippen LogP contribution in [0, 0.1) is 0 Å². The van der Waals surface area contributed by atoms with Crippen molar-refractivity contribution in [3.05, 3.63) is 53.7 Å². The number of rotatable bonds is 7. The number of nitrogens with zero attached hydrogens (tertiary/aromatic N) is 1. The van der Waals surface area contributed by atoms with Crippen molar-refractivity contribution in [1.82, 2.24) is 10.3 Å². The molecule has 0 saturated heterocycles. The van der Waals surface area contributed by atoms with Crippen LogP contribution >= 0.6 is 0 Å². The Morgan fingerprint density at radius 2 is 2.00 bits per heavy atom. The second-order valence-corrected chi connectivity index (χ2v) is 5.22. The monoisotopic (exact) mass is 284 g/mol. The van der Waals surface area contributed by atoms with Gasteiger partial charge in [-0.25, -0.2) is 4.98 Å². The molecule has 4 nitrogen and oxygen atoms in total. The topological polar surface area (TPSA) is 43.4 Å². The van der Waals surface area contributed by atoms with Crippen LogP contribution in [-0.4, -0.2) is 18.1 Å². The third-order valence-corrected chi connectivity index (χ3v) is 3.50. The molecule has 4 heteroatoms. The minimum atomic E-state index is 0.442. The normalized spacial score (nSPS) is 14.0. The number of aromatic nitrogens is 1. The van der Waals surface area contributed by atoms with Gasteiger partial charge in [0.25, 0.3) is 0 Å². The first-order valence-corrected chi connectivity index (χ1v) is 7.29. The third kappa shape index (κ3) is 3.95. The molecule has 1 heterocycles. The number of ether oxygens (including phenoxy) is 2. The van der Waals surface area contributed by atoms with Gasteiger partial charge in [0.15, 0.2) is 0 Å². The van der Waals surface area contributed by atoms with Crippen molar-refractivity contribution in [2.45, 2.75) is 32.0 Å². The van der Waals surface area contributed by atoms with Crippen LogP contribution in [0.1, 0.15) is 24.1 Å². The molecule has 3 rings (SSSR count). The number of pyridine rings is 1. The molecule has 21 heavy (non-hydrogen) atoms. The average Bonchev–Trinajstić information content (AvgIpc) is 3.36. The largest absolute Gasteiger partial charge is 0.487 e. The summed E-state index contributed by atoms with van der Waals surface area (Å²) in [7, 11) is 1.62. The van der Waals surface area contributed by atoms with E-state index >= 15 is 0 Å². The molecule has 2 aromatic rings. The smallest absolute Gasteiger partial charge is 0.213 e. The van der Waals surface area contributed by atoms with E-state index in [9.17, 15) is 0 Å². The van der Waals surface area contributed by atoms with Gasteiger partial charge in [0.1, 0.15) is 12.4 Å². The summed E-state index contributed by atoms with van der Waals surface area (Å²) in [5, 5.41) is 3.51. The van der Waals surface area contributed by atoms with Crippen LogP contribution in [-0.2, 0) is 13.2 Å². The lowest BCUT2D eigenvalue weighted by molar-refractivity contribution is 0.294. The molecule has 0 spiro atoms. The van der Waals surface area contributed by atoms with Gasteiger partial charge in [-0.2, -0.15) is 0 Å². The lowest BCUT2D eigenvalue weighted by Crippen LogP contribution is -2.16. The van der Waals surface area contributed by atoms with Gasteiger partial charge in [0.05, 0.1) is 12.8 Å². The van der Waals surface area contributed by atoms with Crippen molar-refractivity contribution in [2.75, 3.05) is 7.11 Å². The van der Waals surface area contributed by atoms with Crippen molar-refractivity contribution in [3.63, 3.8) is 0 Å². The Balaban J connectivity index is 1.63. The highest BCUT2D eigenvalue weighted by Crippen LogP contribution is 2.23. The zero-order valence-corrected chi connectivity index (χ0v) is 12.2. The van der Waals surface area contributed by atoms with Gasteiger partial charge >= 0.3 is 0 Å². The van der Waals surface area contributed by atoms with E-state index in [0.29, 0.717) is 18.5 Å². The standard InChI is InChI=1S/C17H20N2O2/c1-20-17-8-4-6-15(19-17)12-21-16-7-3-2-5-13(16)11-18-14-9-10-14/h2-8,14,18H,9-12H2,1H3. The maximum Gasteiger partial charge on any atom is 0.213 e. The maximum absolute atomic E-state index is 5.92. The van der Waals surface area contributed by atoms with Gasteiger partial charge < -0.3 is 14.8 Å². The minimum absolute atomic E-state index is 0.442. The highest BCUT2D eigenvalue weighted by molar-refractivity contribution is 5.33. The maximum atomic E-state index is 5.92. The molecular weight excluding hydrogens is 264 g/mol. The fraction of sp³-hybridized carbons (Fsp3) is 0.353. The molecule has 0 unspecified atom stereocenters. The van der Waals surface area contributed by atoms with Crippen LogP contribution in [0.2, 0.25) is 0 Å². The highest BCUT2D eigenvalue weighted by atomic mass is 16.5. The first-order valence-electron chi connectivity index (χ1n) is 7.29. The van der Waals surface area contributed by atoms with Crippen LogP contribution < -0.4 is 14.8 Å². The first-order chi connectivity index (χ1) is 10.3. The van der Waals surface area contributed by atoms with E-state index < -0.39 is 0 Å². The van der Waals surface area contributed by atoms with Gasteiger partial charge in [0.2, 0.25) is 5.88 Å². The second kappa shape index (κ2) is 6.59. The Labute approximate surface area is 125 Å². The van der Waals surface area contributed by atoms with Gasteiger partial charge in [-0.3, -0.25) is 0 Å². The van der Waals surface area contributed by atoms with Crippen LogP contribution in [0.5, 0.6) is 11.6 Å². The van der Waals surface area contributed by atoms with Gasteiger partial charge in [-0.15, -0.1) is 0 Å². The van der Waals surface area contributed by atoms with Crippen molar-refractivity contribution in [1.29, 1.82) is 0 Å². The molecule has 0 radical (unpaired) electrons. The van der Waals surface area contributed by atoms with E-state index in [1.807, 2.05) is 36.4 Å². The summed E-state index contributed by atoms with van der Waals surface area (Å²) < 4.78 is 11.0. The lowest BCUT2D eigenvalue weighted by atomic mass is 10.2. The summed E-state index contributed by atoms with van der Waals surface area (Å²) in [4.78, 5) is 4.36. The molecule has 0 atom stereocenters. The number of para-hydroxylation sites is 1. The summed E-state index contributed by atoms with van der Waals surface area (Å²) in [5.41, 5.74) is 2.05. The fourth-order valence-corrected chi connectivity index (χ4v) is 2.14. The van der Waals surface area contributed by atoms with Crippen LogP contribution in [0.25, 0.3) is 0 Å². The number of methoxy groups -OCH3 is 1. The highest BCUT2D eigenvalue weighted by Gasteiger charge is 2.20. The molecule has 1 fully saturated rings. The zero-order valence-electron chi connectivity index (χ0n) is 12.2. The van der Waals surface area contributed by atoms with E-state index in [1.54, 1.807) is 7.11 Å². The van der Waals surface area contributed by atoms with Gasteiger partial charge in [-0.1, -0.05) is 24.3 Å². The summed E-state index contributed by atoms with van der Waals surface area (Å²) in [6.07, 6.45) is 2.58. The first kappa shape index (κ1) is 13.9. The zero-order chi connectivity index (χ0) is 14.5. The third-order valence-electron chi connectivity index (χ3n) is 3.50. The summed E-state index contributed by atoms with van der Waals surface area (Å²) >= 11 is 0. The van der Waals surface area contributed by atoms with Crippen molar-refractivity contribution < 1.29 is 9.47 Å². The van der Waals surface area contributed by atoms with Crippen molar-refractivity contribution >= 4 is 0 Å². The Hall–Kier alpha value is -2.07. The second-order valence-electron chi connectivity index (χ2n) is 5.22. The molecule has 1 N–H and O–H groups in total. The molecule has 1 aliphatic carbocycles. The number of nitrogens with one attached hydrogen (secondary N) is 1. The molecule has 1 aromatic heterocycles. The van der Waals surface area contributed by atoms with Crippen LogP contribution in [0.3, 0.4) is 0 Å². The van der Waals surface area contributed by atoms with E-state index in [0.717, 1.165) is 18.0 Å². The summed E-state index contributed by atoms with van der Waals surface area (Å²) in [6.45, 7) is 1.30. The molecule has 1 saturated carbocycles. The fourth-order valence-electron chi connectivity index (χ4n) is 2.14.